The average molecular weight is 490 g/mol. The molecule has 0 spiro atoms. The number of halogens is 2. The van der Waals surface area contributed by atoms with E-state index in [2.05, 4.69) is 20.9 Å². The number of hydrogen-bond donors (Lipinski definition) is 0. The highest BCUT2D eigenvalue weighted by atomic mass is 79.9. The highest BCUT2D eigenvalue weighted by molar-refractivity contribution is 9.10. The van der Waals surface area contributed by atoms with Crippen LogP contribution in [0.3, 0.4) is 0 Å². The molecule has 7 nitrogen and oxygen atoms in total. The van der Waals surface area contributed by atoms with E-state index in [0.29, 0.717) is 16.5 Å². The van der Waals surface area contributed by atoms with Gasteiger partial charge < -0.3 is 9.64 Å². The van der Waals surface area contributed by atoms with Crippen LogP contribution < -0.4 is 5.56 Å². The molecule has 0 aliphatic rings. The molecule has 1 heterocycles. The number of aryl methyl sites for hydroxylation is 1. The van der Waals surface area contributed by atoms with Gasteiger partial charge >= 0.3 is 5.97 Å². The van der Waals surface area contributed by atoms with Crippen molar-refractivity contribution in [3.63, 3.8) is 0 Å². The second-order valence-corrected chi connectivity index (χ2v) is 8.03. The standard InChI is InChI=1S/C22H21BrFN3O4/c1-14(21(29)26(2)12-15-4-3-5-17(24)10-15)31-20(28)8-9-27-13-25-19-7-6-16(23)11-18(19)22(27)30/h3-7,10-11,13-14H,8-9,12H2,1-2H3. The molecule has 1 amide bonds. The topological polar surface area (TPSA) is 81.5 Å². The number of carbonyl (C=O) groups excluding carboxylic acids is 2. The van der Waals surface area contributed by atoms with E-state index in [9.17, 15) is 18.8 Å². The molecular weight excluding hydrogens is 469 g/mol. The number of carbonyl (C=O) groups is 2. The first-order valence-electron chi connectivity index (χ1n) is 9.58. The predicted octanol–water partition coefficient (Wildman–Crippen LogP) is 3.28. The lowest BCUT2D eigenvalue weighted by Gasteiger charge is -2.21. The number of hydrogen-bond acceptors (Lipinski definition) is 5. The van der Waals surface area contributed by atoms with Crippen molar-refractivity contribution in [2.24, 2.45) is 0 Å². The van der Waals surface area contributed by atoms with Crippen LogP contribution in [0.15, 0.2) is 58.1 Å². The van der Waals surface area contributed by atoms with Gasteiger partial charge in [-0.05, 0) is 42.8 Å². The van der Waals surface area contributed by atoms with Crippen LogP contribution in [0.4, 0.5) is 4.39 Å². The van der Waals surface area contributed by atoms with E-state index in [1.165, 1.54) is 34.9 Å². The summed E-state index contributed by atoms with van der Waals surface area (Å²) in [5.41, 5.74) is 0.926. The van der Waals surface area contributed by atoms with Gasteiger partial charge in [0.1, 0.15) is 5.82 Å². The smallest absolute Gasteiger partial charge is 0.308 e. The maximum atomic E-state index is 13.3. The summed E-state index contributed by atoms with van der Waals surface area (Å²) in [5.74, 6) is -1.41. The molecular formula is C22H21BrFN3O4. The summed E-state index contributed by atoms with van der Waals surface area (Å²) < 4.78 is 20.6. The Kier molecular flexibility index (Phi) is 7.17. The zero-order valence-corrected chi connectivity index (χ0v) is 18.6. The van der Waals surface area contributed by atoms with Crippen molar-refractivity contribution in [3.05, 3.63) is 75.0 Å². The summed E-state index contributed by atoms with van der Waals surface area (Å²) in [6, 6.07) is 11.1. The summed E-state index contributed by atoms with van der Waals surface area (Å²) in [6.07, 6.45) is 0.285. The van der Waals surface area contributed by atoms with Crippen molar-refractivity contribution < 1.29 is 18.7 Å². The third kappa shape index (κ3) is 5.75. The van der Waals surface area contributed by atoms with Crippen molar-refractivity contribution in [1.29, 1.82) is 0 Å². The fourth-order valence-electron chi connectivity index (χ4n) is 3.11. The fourth-order valence-corrected chi connectivity index (χ4v) is 3.47. The molecule has 1 aromatic heterocycles. The van der Waals surface area contributed by atoms with E-state index >= 15 is 0 Å². The third-order valence-electron chi connectivity index (χ3n) is 4.68. The molecule has 0 aliphatic carbocycles. The minimum absolute atomic E-state index is 0.0765. The van der Waals surface area contributed by atoms with E-state index in [0.717, 1.165) is 4.47 Å². The minimum atomic E-state index is -1.01. The molecule has 0 bridgehead atoms. The zero-order valence-electron chi connectivity index (χ0n) is 17.0. The van der Waals surface area contributed by atoms with Gasteiger partial charge in [-0.3, -0.25) is 19.0 Å². The van der Waals surface area contributed by atoms with Gasteiger partial charge in [0.2, 0.25) is 0 Å². The quantitative estimate of drug-likeness (QED) is 0.475. The van der Waals surface area contributed by atoms with Gasteiger partial charge in [-0.1, -0.05) is 28.1 Å². The molecule has 1 unspecified atom stereocenters. The summed E-state index contributed by atoms with van der Waals surface area (Å²) in [7, 11) is 1.55. The largest absolute Gasteiger partial charge is 0.452 e. The van der Waals surface area contributed by atoms with Crippen molar-refractivity contribution in [2.75, 3.05) is 7.05 Å². The SMILES string of the molecule is CC(OC(=O)CCn1cnc2ccc(Br)cc2c1=O)C(=O)N(C)Cc1cccc(F)c1. The summed E-state index contributed by atoms with van der Waals surface area (Å²) in [5, 5.41) is 0.438. The maximum absolute atomic E-state index is 13.3. The third-order valence-corrected chi connectivity index (χ3v) is 5.18. The molecule has 0 radical (unpaired) electrons. The molecule has 9 heteroatoms. The van der Waals surface area contributed by atoms with Crippen molar-refractivity contribution >= 4 is 38.7 Å². The number of likely N-dealkylation sites (N-methyl/N-ethyl adjacent to an activating group) is 1. The molecule has 0 saturated heterocycles. The molecule has 0 saturated carbocycles. The first kappa shape index (κ1) is 22.6. The average Bonchev–Trinajstić information content (AvgIpc) is 2.73. The number of benzene rings is 2. The van der Waals surface area contributed by atoms with Crippen LogP contribution in [0.2, 0.25) is 0 Å². The van der Waals surface area contributed by atoms with Crippen LogP contribution in [-0.2, 0) is 27.4 Å². The Labute approximate surface area is 186 Å². The molecule has 0 aliphatic heterocycles. The normalized spacial score (nSPS) is 11.9. The predicted molar refractivity (Wildman–Crippen MR) is 117 cm³/mol. The van der Waals surface area contributed by atoms with Gasteiger partial charge in [-0.2, -0.15) is 0 Å². The number of aromatic nitrogens is 2. The Hall–Kier alpha value is -3.07. The maximum Gasteiger partial charge on any atom is 0.308 e. The van der Waals surface area contributed by atoms with Gasteiger partial charge in [0.25, 0.3) is 11.5 Å². The van der Waals surface area contributed by atoms with Crippen LogP contribution in [0.5, 0.6) is 0 Å². The van der Waals surface area contributed by atoms with Crippen LogP contribution in [0.25, 0.3) is 10.9 Å². The molecule has 0 fully saturated rings. The van der Waals surface area contributed by atoms with Crippen molar-refractivity contribution in [1.82, 2.24) is 14.5 Å². The summed E-state index contributed by atoms with van der Waals surface area (Å²) >= 11 is 3.33. The first-order valence-corrected chi connectivity index (χ1v) is 10.4. The van der Waals surface area contributed by atoms with Crippen LogP contribution >= 0.6 is 15.9 Å². The Morgan fingerprint density at radius 1 is 1.26 bits per heavy atom. The summed E-state index contributed by atoms with van der Waals surface area (Å²) in [6.45, 7) is 1.74. The Bertz CT molecular complexity index is 1180. The monoisotopic (exact) mass is 489 g/mol. The summed E-state index contributed by atoms with van der Waals surface area (Å²) in [4.78, 5) is 42.8. The molecule has 31 heavy (non-hydrogen) atoms. The Morgan fingerprint density at radius 3 is 2.77 bits per heavy atom. The van der Waals surface area contributed by atoms with Crippen LogP contribution in [-0.4, -0.2) is 39.5 Å². The Morgan fingerprint density at radius 2 is 2.03 bits per heavy atom. The van der Waals surface area contributed by atoms with E-state index in [-0.39, 0.29) is 30.9 Å². The highest BCUT2D eigenvalue weighted by Gasteiger charge is 2.21. The minimum Gasteiger partial charge on any atom is -0.452 e. The number of ether oxygens (including phenoxy) is 1. The second-order valence-electron chi connectivity index (χ2n) is 7.11. The lowest BCUT2D eigenvalue weighted by Crippen LogP contribution is -2.37. The first-order chi connectivity index (χ1) is 14.7. The van der Waals surface area contributed by atoms with Crippen molar-refractivity contribution in [2.45, 2.75) is 32.5 Å². The van der Waals surface area contributed by atoms with Gasteiger partial charge in [0.15, 0.2) is 6.10 Å². The lowest BCUT2D eigenvalue weighted by atomic mass is 10.2. The van der Waals surface area contributed by atoms with E-state index in [1.54, 1.807) is 37.4 Å². The molecule has 162 valence electrons. The number of fused-ring (bicyclic) bond motifs is 1. The van der Waals surface area contributed by atoms with E-state index < -0.39 is 18.0 Å². The fraction of sp³-hybridized carbons (Fsp3) is 0.273. The number of nitrogens with zero attached hydrogens (tertiary/aromatic N) is 3. The van der Waals surface area contributed by atoms with Crippen molar-refractivity contribution in [3.8, 4) is 0 Å². The van der Waals surface area contributed by atoms with Gasteiger partial charge in [0.05, 0.1) is 23.7 Å². The number of esters is 1. The van der Waals surface area contributed by atoms with Crippen LogP contribution in [0.1, 0.15) is 18.9 Å². The molecule has 3 aromatic rings. The van der Waals surface area contributed by atoms with Crippen LogP contribution in [0, 0.1) is 5.82 Å². The number of amides is 1. The molecule has 2 aromatic carbocycles. The van der Waals surface area contributed by atoms with E-state index in [1.807, 2.05) is 0 Å². The zero-order chi connectivity index (χ0) is 22.5. The molecule has 0 N–H and O–H groups in total. The Balaban J connectivity index is 1.56. The molecule has 3 rings (SSSR count). The van der Waals surface area contributed by atoms with Gasteiger partial charge in [-0.15, -0.1) is 0 Å². The lowest BCUT2D eigenvalue weighted by molar-refractivity contribution is -0.158. The van der Waals surface area contributed by atoms with Gasteiger partial charge in [-0.25, -0.2) is 9.37 Å². The van der Waals surface area contributed by atoms with E-state index in [4.69, 9.17) is 4.74 Å². The highest BCUT2D eigenvalue weighted by Crippen LogP contribution is 2.15. The number of rotatable bonds is 7. The molecule has 1 atom stereocenters. The second kappa shape index (κ2) is 9.82. The van der Waals surface area contributed by atoms with Gasteiger partial charge in [0, 0.05) is 24.6 Å².